The summed E-state index contributed by atoms with van der Waals surface area (Å²) in [5, 5.41) is 9.62. The van der Waals surface area contributed by atoms with Crippen molar-refractivity contribution in [1.29, 1.82) is 0 Å². The molecule has 20 heavy (non-hydrogen) atoms. The molecular formula is C15H13F3O2. The van der Waals surface area contributed by atoms with Gasteiger partial charge in [-0.05, 0) is 48.7 Å². The Morgan fingerprint density at radius 1 is 0.950 bits per heavy atom. The van der Waals surface area contributed by atoms with Crippen molar-refractivity contribution in [1.82, 2.24) is 0 Å². The summed E-state index contributed by atoms with van der Waals surface area (Å²) >= 11 is 0. The number of hydrogen-bond acceptors (Lipinski definition) is 2. The maximum Gasteiger partial charge on any atom is 0.573 e. The van der Waals surface area contributed by atoms with Crippen LogP contribution < -0.4 is 4.74 Å². The first-order valence-corrected chi connectivity index (χ1v) is 5.93. The standard InChI is InChI=1S/C15H13F3O2/c1-9-8-13(19)10(2)7-12(9)11-5-3-4-6-14(11)20-15(16,17)18/h3-8,19H,1-2H3. The lowest BCUT2D eigenvalue weighted by Crippen LogP contribution is -2.17. The van der Waals surface area contributed by atoms with E-state index >= 15 is 0 Å². The number of aryl methyl sites for hydroxylation is 2. The zero-order valence-corrected chi connectivity index (χ0v) is 11.0. The van der Waals surface area contributed by atoms with Gasteiger partial charge in [0.25, 0.3) is 0 Å². The molecule has 0 aliphatic heterocycles. The third-order valence-corrected chi connectivity index (χ3v) is 2.95. The SMILES string of the molecule is Cc1cc(-c2ccccc2OC(F)(F)F)c(C)cc1O. The Morgan fingerprint density at radius 3 is 2.25 bits per heavy atom. The molecule has 2 nitrogen and oxygen atoms in total. The predicted molar refractivity (Wildman–Crippen MR) is 69.7 cm³/mol. The molecule has 0 saturated carbocycles. The van der Waals surface area contributed by atoms with Crippen molar-refractivity contribution in [2.45, 2.75) is 20.2 Å². The van der Waals surface area contributed by atoms with Crippen LogP contribution in [0, 0.1) is 13.8 Å². The van der Waals surface area contributed by atoms with Gasteiger partial charge in [-0.1, -0.05) is 18.2 Å². The molecule has 0 fully saturated rings. The summed E-state index contributed by atoms with van der Waals surface area (Å²) in [6, 6.07) is 9.11. The normalized spacial score (nSPS) is 11.4. The van der Waals surface area contributed by atoms with E-state index in [1.54, 1.807) is 32.0 Å². The first-order valence-electron chi connectivity index (χ1n) is 5.93. The average molecular weight is 282 g/mol. The zero-order valence-electron chi connectivity index (χ0n) is 11.0. The lowest BCUT2D eigenvalue weighted by atomic mass is 9.97. The highest BCUT2D eigenvalue weighted by atomic mass is 19.4. The summed E-state index contributed by atoms with van der Waals surface area (Å²) in [5.74, 6) is -0.145. The van der Waals surface area contributed by atoms with Gasteiger partial charge in [-0.15, -0.1) is 13.2 Å². The van der Waals surface area contributed by atoms with Crippen LogP contribution in [0.5, 0.6) is 11.5 Å². The number of para-hydroxylation sites is 1. The molecule has 2 aromatic rings. The third kappa shape index (κ3) is 3.04. The summed E-state index contributed by atoms with van der Waals surface area (Å²) in [5.41, 5.74) is 2.20. The second-order valence-corrected chi connectivity index (χ2v) is 4.50. The second-order valence-electron chi connectivity index (χ2n) is 4.50. The van der Waals surface area contributed by atoms with Crippen LogP contribution in [0.15, 0.2) is 36.4 Å². The van der Waals surface area contributed by atoms with E-state index in [0.29, 0.717) is 22.3 Å². The van der Waals surface area contributed by atoms with Gasteiger partial charge in [-0.2, -0.15) is 0 Å². The molecule has 0 unspecified atom stereocenters. The van der Waals surface area contributed by atoms with Gasteiger partial charge in [0.1, 0.15) is 11.5 Å². The van der Waals surface area contributed by atoms with Crippen LogP contribution in [-0.2, 0) is 0 Å². The molecule has 0 saturated heterocycles. The number of alkyl halides is 3. The molecular weight excluding hydrogens is 269 g/mol. The van der Waals surface area contributed by atoms with Crippen molar-refractivity contribution in [2.75, 3.05) is 0 Å². The molecule has 106 valence electrons. The minimum absolute atomic E-state index is 0.112. The summed E-state index contributed by atoms with van der Waals surface area (Å²) < 4.78 is 41.3. The van der Waals surface area contributed by atoms with Crippen LogP contribution in [0.2, 0.25) is 0 Å². The zero-order chi connectivity index (χ0) is 14.9. The highest BCUT2D eigenvalue weighted by Crippen LogP contribution is 2.37. The van der Waals surface area contributed by atoms with Crippen LogP contribution in [0.1, 0.15) is 11.1 Å². The molecule has 0 radical (unpaired) electrons. The Hall–Kier alpha value is -2.17. The molecule has 5 heteroatoms. The number of phenols is 1. The van der Waals surface area contributed by atoms with Crippen LogP contribution >= 0.6 is 0 Å². The molecule has 0 heterocycles. The van der Waals surface area contributed by atoms with E-state index in [2.05, 4.69) is 4.74 Å². The fourth-order valence-electron chi connectivity index (χ4n) is 1.99. The number of benzene rings is 2. The number of phenolic OH excluding ortho intramolecular Hbond substituents is 1. The van der Waals surface area contributed by atoms with Crippen molar-refractivity contribution in [3.8, 4) is 22.6 Å². The van der Waals surface area contributed by atoms with Crippen molar-refractivity contribution in [2.24, 2.45) is 0 Å². The van der Waals surface area contributed by atoms with Crippen LogP contribution in [-0.4, -0.2) is 11.5 Å². The van der Waals surface area contributed by atoms with E-state index in [1.165, 1.54) is 18.2 Å². The van der Waals surface area contributed by atoms with Crippen molar-refractivity contribution in [3.05, 3.63) is 47.5 Å². The van der Waals surface area contributed by atoms with Crippen molar-refractivity contribution < 1.29 is 23.0 Å². The van der Waals surface area contributed by atoms with E-state index in [-0.39, 0.29) is 11.5 Å². The Morgan fingerprint density at radius 2 is 1.60 bits per heavy atom. The molecule has 0 aliphatic carbocycles. The number of aromatic hydroxyl groups is 1. The summed E-state index contributed by atoms with van der Waals surface area (Å²) in [6.07, 6.45) is -4.74. The number of rotatable bonds is 2. The first-order chi connectivity index (χ1) is 9.28. The molecule has 0 aliphatic rings. The van der Waals surface area contributed by atoms with Gasteiger partial charge in [-0.25, -0.2) is 0 Å². The van der Waals surface area contributed by atoms with Gasteiger partial charge in [0, 0.05) is 5.56 Å². The molecule has 2 aromatic carbocycles. The van der Waals surface area contributed by atoms with E-state index in [0.717, 1.165) is 0 Å². The quantitative estimate of drug-likeness (QED) is 0.874. The molecule has 0 atom stereocenters. The molecule has 0 amide bonds. The maximum absolute atomic E-state index is 12.4. The Labute approximate surface area is 114 Å². The number of hydrogen-bond donors (Lipinski definition) is 1. The van der Waals surface area contributed by atoms with Gasteiger partial charge < -0.3 is 9.84 Å². The fraction of sp³-hybridized carbons (Fsp3) is 0.200. The molecule has 0 bridgehead atoms. The minimum atomic E-state index is -4.74. The Bertz CT molecular complexity index is 634. The van der Waals surface area contributed by atoms with Crippen LogP contribution in [0.25, 0.3) is 11.1 Å². The van der Waals surface area contributed by atoms with Gasteiger partial charge in [0.15, 0.2) is 0 Å². The molecule has 1 N–H and O–H groups in total. The second kappa shape index (κ2) is 5.07. The van der Waals surface area contributed by atoms with E-state index < -0.39 is 6.36 Å². The lowest BCUT2D eigenvalue weighted by molar-refractivity contribution is -0.274. The van der Waals surface area contributed by atoms with E-state index in [1.807, 2.05) is 0 Å². The summed E-state index contributed by atoms with van der Waals surface area (Å²) in [4.78, 5) is 0. The van der Waals surface area contributed by atoms with E-state index in [4.69, 9.17) is 0 Å². The number of halogens is 3. The highest BCUT2D eigenvalue weighted by molar-refractivity contribution is 5.74. The largest absolute Gasteiger partial charge is 0.573 e. The smallest absolute Gasteiger partial charge is 0.508 e. The van der Waals surface area contributed by atoms with Gasteiger partial charge in [0.2, 0.25) is 0 Å². The topological polar surface area (TPSA) is 29.5 Å². The molecule has 2 rings (SSSR count). The molecule has 0 spiro atoms. The minimum Gasteiger partial charge on any atom is -0.508 e. The third-order valence-electron chi connectivity index (χ3n) is 2.95. The number of ether oxygens (including phenoxy) is 1. The summed E-state index contributed by atoms with van der Waals surface area (Å²) in [6.45, 7) is 3.41. The first kappa shape index (κ1) is 14.2. The van der Waals surface area contributed by atoms with Crippen molar-refractivity contribution in [3.63, 3.8) is 0 Å². The van der Waals surface area contributed by atoms with Gasteiger partial charge >= 0.3 is 6.36 Å². The van der Waals surface area contributed by atoms with Gasteiger partial charge in [-0.3, -0.25) is 0 Å². The average Bonchev–Trinajstić information content (AvgIpc) is 2.33. The van der Waals surface area contributed by atoms with Gasteiger partial charge in [0.05, 0.1) is 0 Å². The van der Waals surface area contributed by atoms with Crippen molar-refractivity contribution >= 4 is 0 Å². The van der Waals surface area contributed by atoms with Crippen LogP contribution in [0.4, 0.5) is 13.2 Å². The monoisotopic (exact) mass is 282 g/mol. The van der Waals surface area contributed by atoms with E-state index in [9.17, 15) is 18.3 Å². The highest BCUT2D eigenvalue weighted by Gasteiger charge is 2.32. The predicted octanol–water partition coefficient (Wildman–Crippen LogP) is 4.57. The maximum atomic E-state index is 12.4. The molecule has 0 aromatic heterocycles. The Kier molecular flexibility index (Phi) is 3.61. The fourth-order valence-corrected chi connectivity index (χ4v) is 1.99. The lowest BCUT2D eigenvalue weighted by Gasteiger charge is -2.15. The summed E-state index contributed by atoms with van der Waals surface area (Å²) in [7, 11) is 0. The van der Waals surface area contributed by atoms with Crippen LogP contribution in [0.3, 0.4) is 0 Å². The Balaban J connectivity index is 2.56.